The summed E-state index contributed by atoms with van der Waals surface area (Å²) in [5.74, 6) is -1.07. The Morgan fingerprint density at radius 3 is 2.55 bits per heavy atom. The standard InChI is InChI=1S/C13H7Br2F2N3/c14-6-1-2-10-12(3-6)20(13(18)19-10)11-5-8(16)7(15)4-9(11)17/h1-5H,(H2,18,19). The molecule has 0 spiro atoms. The minimum atomic E-state index is -0.593. The predicted molar refractivity (Wildman–Crippen MR) is 80.8 cm³/mol. The van der Waals surface area contributed by atoms with Gasteiger partial charge in [0.25, 0.3) is 0 Å². The van der Waals surface area contributed by atoms with Gasteiger partial charge < -0.3 is 5.73 Å². The molecular weight excluding hydrogens is 396 g/mol. The topological polar surface area (TPSA) is 43.8 Å². The number of aromatic nitrogens is 2. The summed E-state index contributed by atoms with van der Waals surface area (Å²) in [7, 11) is 0. The van der Waals surface area contributed by atoms with Crippen LogP contribution in [0.25, 0.3) is 16.7 Å². The van der Waals surface area contributed by atoms with Crippen LogP contribution in [0.15, 0.2) is 39.3 Å². The third-order valence-electron chi connectivity index (χ3n) is 2.87. The highest BCUT2D eigenvalue weighted by Crippen LogP contribution is 2.29. The van der Waals surface area contributed by atoms with Crippen molar-refractivity contribution in [3.63, 3.8) is 0 Å². The third kappa shape index (κ3) is 2.10. The molecule has 102 valence electrons. The Bertz CT molecular complexity index is 830. The highest BCUT2D eigenvalue weighted by atomic mass is 79.9. The first kappa shape index (κ1) is 13.5. The SMILES string of the molecule is Nc1nc2ccc(Br)cc2n1-c1cc(F)c(Br)cc1F. The number of nitrogens with two attached hydrogens (primary N) is 1. The van der Waals surface area contributed by atoms with Gasteiger partial charge in [-0.15, -0.1) is 0 Å². The lowest BCUT2D eigenvalue weighted by Gasteiger charge is -2.09. The molecule has 0 fully saturated rings. The summed E-state index contributed by atoms with van der Waals surface area (Å²) in [5, 5.41) is 0. The van der Waals surface area contributed by atoms with E-state index in [1.54, 1.807) is 18.2 Å². The smallest absolute Gasteiger partial charge is 0.206 e. The maximum absolute atomic E-state index is 14.1. The number of anilines is 1. The van der Waals surface area contributed by atoms with Crippen molar-refractivity contribution < 1.29 is 8.78 Å². The van der Waals surface area contributed by atoms with Crippen molar-refractivity contribution in [1.29, 1.82) is 0 Å². The average molecular weight is 403 g/mol. The highest BCUT2D eigenvalue weighted by Gasteiger charge is 2.16. The van der Waals surface area contributed by atoms with E-state index in [4.69, 9.17) is 5.73 Å². The molecule has 0 saturated heterocycles. The summed E-state index contributed by atoms with van der Waals surface area (Å²) in [6.45, 7) is 0. The molecule has 0 aliphatic rings. The zero-order valence-electron chi connectivity index (χ0n) is 9.87. The average Bonchev–Trinajstić information content (AvgIpc) is 2.69. The molecule has 1 heterocycles. The van der Waals surface area contributed by atoms with Crippen LogP contribution in [0.4, 0.5) is 14.7 Å². The number of hydrogen-bond donors (Lipinski definition) is 1. The van der Waals surface area contributed by atoms with Crippen LogP contribution >= 0.6 is 31.9 Å². The van der Waals surface area contributed by atoms with Gasteiger partial charge in [0.1, 0.15) is 11.6 Å². The molecule has 1 aromatic heterocycles. The Morgan fingerprint density at radius 1 is 1.05 bits per heavy atom. The van der Waals surface area contributed by atoms with Crippen LogP contribution in [-0.4, -0.2) is 9.55 Å². The van der Waals surface area contributed by atoms with Gasteiger partial charge in [-0.2, -0.15) is 0 Å². The van der Waals surface area contributed by atoms with Crippen LogP contribution in [-0.2, 0) is 0 Å². The summed E-state index contributed by atoms with van der Waals surface area (Å²) in [6.07, 6.45) is 0. The number of nitrogen functional groups attached to an aromatic ring is 1. The summed E-state index contributed by atoms with van der Waals surface area (Å²) in [4.78, 5) is 4.14. The van der Waals surface area contributed by atoms with E-state index in [-0.39, 0.29) is 16.1 Å². The minimum absolute atomic E-state index is 0.0174. The molecule has 3 aromatic rings. The molecule has 0 atom stereocenters. The first-order valence-corrected chi connectivity index (χ1v) is 7.14. The second kappa shape index (κ2) is 4.82. The van der Waals surface area contributed by atoms with E-state index in [1.807, 2.05) is 0 Å². The van der Waals surface area contributed by atoms with E-state index in [1.165, 1.54) is 4.57 Å². The maximum atomic E-state index is 14.1. The Kier molecular flexibility index (Phi) is 3.25. The lowest BCUT2D eigenvalue weighted by atomic mass is 10.2. The van der Waals surface area contributed by atoms with Gasteiger partial charge in [0.15, 0.2) is 0 Å². The van der Waals surface area contributed by atoms with Gasteiger partial charge in [0, 0.05) is 10.5 Å². The Balaban J connectivity index is 2.37. The number of hydrogen-bond acceptors (Lipinski definition) is 2. The molecule has 0 aliphatic carbocycles. The van der Waals surface area contributed by atoms with Crippen molar-refractivity contribution in [2.24, 2.45) is 0 Å². The van der Waals surface area contributed by atoms with E-state index in [9.17, 15) is 8.78 Å². The summed E-state index contributed by atoms with van der Waals surface area (Å²) >= 11 is 6.28. The number of fused-ring (bicyclic) bond motifs is 1. The lowest BCUT2D eigenvalue weighted by molar-refractivity contribution is 0.589. The zero-order chi connectivity index (χ0) is 14.4. The Labute approximate surface area is 129 Å². The van der Waals surface area contributed by atoms with Crippen molar-refractivity contribution in [2.75, 3.05) is 5.73 Å². The van der Waals surface area contributed by atoms with Crippen LogP contribution in [0.5, 0.6) is 0 Å². The summed E-state index contributed by atoms with van der Waals surface area (Å²) < 4.78 is 30.0. The summed E-state index contributed by atoms with van der Waals surface area (Å²) in [6, 6.07) is 7.45. The minimum Gasteiger partial charge on any atom is -0.369 e. The third-order valence-corrected chi connectivity index (χ3v) is 3.97. The van der Waals surface area contributed by atoms with Crippen molar-refractivity contribution in [2.45, 2.75) is 0 Å². The molecule has 0 unspecified atom stereocenters. The van der Waals surface area contributed by atoms with Crippen LogP contribution < -0.4 is 5.73 Å². The van der Waals surface area contributed by atoms with Gasteiger partial charge in [-0.25, -0.2) is 13.8 Å². The number of rotatable bonds is 1. The van der Waals surface area contributed by atoms with Crippen LogP contribution in [0.2, 0.25) is 0 Å². The first-order chi connectivity index (χ1) is 9.47. The van der Waals surface area contributed by atoms with Crippen molar-refractivity contribution >= 4 is 48.8 Å². The largest absolute Gasteiger partial charge is 0.369 e. The van der Waals surface area contributed by atoms with Crippen molar-refractivity contribution in [1.82, 2.24) is 9.55 Å². The number of benzene rings is 2. The monoisotopic (exact) mass is 401 g/mol. The Morgan fingerprint density at radius 2 is 1.80 bits per heavy atom. The lowest BCUT2D eigenvalue weighted by Crippen LogP contribution is -2.04. The van der Waals surface area contributed by atoms with Gasteiger partial charge in [0.05, 0.1) is 21.2 Å². The molecular formula is C13H7Br2F2N3. The van der Waals surface area contributed by atoms with Gasteiger partial charge in [-0.1, -0.05) is 15.9 Å². The van der Waals surface area contributed by atoms with Crippen LogP contribution in [0.1, 0.15) is 0 Å². The molecule has 0 saturated carbocycles. The van der Waals surface area contributed by atoms with E-state index in [0.29, 0.717) is 11.0 Å². The second-order valence-corrected chi connectivity index (χ2v) is 5.93. The molecule has 2 aromatic carbocycles. The van der Waals surface area contributed by atoms with Crippen LogP contribution in [0, 0.1) is 11.6 Å². The van der Waals surface area contributed by atoms with E-state index in [0.717, 1.165) is 16.6 Å². The van der Waals surface area contributed by atoms with E-state index in [2.05, 4.69) is 36.8 Å². The van der Waals surface area contributed by atoms with Gasteiger partial charge in [-0.05, 0) is 40.2 Å². The van der Waals surface area contributed by atoms with E-state index < -0.39 is 11.6 Å². The zero-order valence-corrected chi connectivity index (χ0v) is 13.0. The fraction of sp³-hybridized carbons (Fsp3) is 0. The molecule has 20 heavy (non-hydrogen) atoms. The molecule has 0 amide bonds. The highest BCUT2D eigenvalue weighted by molar-refractivity contribution is 9.10. The number of imidazole rings is 1. The molecule has 3 rings (SSSR count). The van der Waals surface area contributed by atoms with Crippen molar-refractivity contribution in [3.8, 4) is 5.69 Å². The fourth-order valence-electron chi connectivity index (χ4n) is 2.00. The van der Waals surface area contributed by atoms with Gasteiger partial charge in [0.2, 0.25) is 5.95 Å². The second-order valence-electron chi connectivity index (χ2n) is 4.16. The molecule has 0 bridgehead atoms. The molecule has 7 heteroatoms. The molecule has 0 radical (unpaired) electrons. The van der Waals surface area contributed by atoms with E-state index >= 15 is 0 Å². The normalized spacial score (nSPS) is 11.2. The van der Waals surface area contributed by atoms with Crippen molar-refractivity contribution in [3.05, 3.63) is 50.9 Å². The molecule has 0 aliphatic heterocycles. The number of halogens is 4. The van der Waals surface area contributed by atoms with Gasteiger partial charge >= 0.3 is 0 Å². The van der Waals surface area contributed by atoms with Crippen LogP contribution in [0.3, 0.4) is 0 Å². The molecule has 2 N–H and O–H groups in total. The Hall–Kier alpha value is -1.47. The number of nitrogens with zero attached hydrogens (tertiary/aromatic N) is 2. The quantitative estimate of drug-likeness (QED) is 0.612. The fourth-order valence-corrected chi connectivity index (χ4v) is 2.67. The maximum Gasteiger partial charge on any atom is 0.206 e. The summed E-state index contributed by atoms with van der Waals surface area (Å²) in [5.41, 5.74) is 7.05. The molecule has 3 nitrogen and oxygen atoms in total. The van der Waals surface area contributed by atoms with Gasteiger partial charge in [-0.3, -0.25) is 4.57 Å². The first-order valence-electron chi connectivity index (χ1n) is 5.56. The predicted octanol–water partition coefficient (Wildman–Crippen LogP) is 4.41.